The molecule has 0 aliphatic carbocycles. The van der Waals surface area contributed by atoms with Crippen molar-refractivity contribution in [2.45, 2.75) is 19.5 Å². The van der Waals surface area contributed by atoms with E-state index in [1.165, 1.54) is 13.0 Å². The van der Waals surface area contributed by atoms with Crippen LogP contribution in [0.25, 0.3) is 0 Å². The normalized spacial score (nSPS) is 15.6. The zero-order valence-corrected chi connectivity index (χ0v) is 8.61. The number of rotatable bonds is 0. The lowest BCUT2D eigenvalue weighted by Gasteiger charge is -2.21. The second-order valence-corrected chi connectivity index (χ2v) is 3.78. The molecule has 86 valence electrons. The maximum atomic E-state index is 12.6. The number of carbonyl (C=O) groups excluding carboxylic acids is 1. The van der Waals surface area contributed by atoms with Crippen molar-refractivity contribution in [1.29, 1.82) is 0 Å². The van der Waals surface area contributed by atoms with Crippen molar-refractivity contribution in [1.82, 2.24) is 5.32 Å². The number of halogens is 3. The van der Waals surface area contributed by atoms with Crippen LogP contribution in [0.1, 0.15) is 27.0 Å². The number of hydrogen-bond acceptors (Lipinski definition) is 1. The highest BCUT2D eigenvalue weighted by Gasteiger charge is 2.35. The third kappa shape index (κ3) is 1.66. The van der Waals surface area contributed by atoms with Gasteiger partial charge in [-0.05, 0) is 30.5 Å². The van der Waals surface area contributed by atoms with Crippen molar-refractivity contribution in [2.24, 2.45) is 0 Å². The minimum atomic E-state index is -4.41. The van der Waals surface area contributed by atoms with E-state index in [9.17, 15) is 18.0 Å². The quantitative estimate of drug-likeness (QED) is 0.726. The second-order valence-electron chi connectivity index (χ2n) is 3.78. The number of fused-ring (bicyclic) bond motifs is 1. The summed E-state index contributed by atoms with van der Waals surface area (Å²) >= 11 is 0. The van der Waals surface area contributed by atoms with Crippen molar-refractivity contribution in [3.63, 3.8) is 0 Å². The zero-order chi connectivity index (χ0) is 11.9. The van der Waals surface area contributed by atoms with Gasteiger partial charge in [-0.1, -0.05) is 6.07 Å². The van der Waals surface area contributed by atoms with Gasteiger partial charge in [0.2, 0.25) is 0 Å². The predicted octanol–water partition coefficient (Wildman–Crippen LogP) is 2.30. The van der Waals surface area contributed by atoms with Gasteiger partial charge in [-0.2, -0.15) is 13.2 Å². The lowest BCUT2D eigenvalue weighted by Crippen LogP contribution is -2.33. The molecule has 1 aromatic rings. The van der Waals surface area contributed by atoms with Crippen molar-refractivity contribution < 1.29 is 18.0 Å². The summed E-state index contributed by atoms with van der Waals surface area (Å²) < 4.78 is 37.8. The van der Waals surface area contributed by atoms with Crippen LogP contribution < -0.4 is 5.32 Å². The van der Waals surface area contributed by atoms with E-state index in [4.69, 9.17) is 0 Å². The first-order chi connectivity index (χ1) is 7.41. The van der Waals surface area contributed by atoms with E-state index in [0.717, 1.165) is 6.07 Å². The smallest absolute Gasteiger partial charge is 0.352 e. The summed E-state index contributed by atoms with van der Waals surface area (Å²) in [5.74, 6) is -0.412. The monoisotopic (exact) mass is 229 g/mol. The molecule has 1 heterocycles. The SMILES string of the molecule is Cc1c(C(F)(F)F)ccc2c1C(=O)NCC2. The van der Waals surface area contributed by atoms with Crippen LogP contribution in [-0.2, 0) is 12.6 Å². The third-order valence-electron chi connectivity index (χ3n) is 2.76. The van der Waals surface area contributed by atoms with E-state index in [2.05, 4.69) is 5.32 Å². The van der Waals surface area contributed by atoms with Crippen molar-refractivity contribution in [2.75, 3.05) is 6.54 Å². The van der Waals surface area contributed by atoms with Gasteiger partial charge in [0, 0.05) is 12.1 Å². The summed E-state index contributed by atoms with van der Waals surface area (Å²) in [6.45, 7) is 1.82. The number of amides is 1. The first-order valence-corrected chi connectivity index (χ1v) is 4.89. The molecule has 0 radical (unpaired) electrons. The molecule has 16 heavy (non-hydrogen) atoms. The second kappa shape index (κ2) is 3.50. The Bertz CT molecular complexity index is 451. The highest BCUT2D eigenvalue weighted by Crippen LogP contribution is 2.34. The summed E-state index contributed by atoms with van der Waals surface area (Å²) in [7, 11) is 0. The fraction of sp³-hybridized carbons (Fsp3) is 0.364. The maximum absolute atomic E-state index is 12.6. The van der Waals surface area contributed by atoms with Crippen LogP contribution in [0.5, 0.6) is 0 Å². The van der Waals surface area contributed by atoms with Gasteiger partial charge in [0.15, 0.2) is 0 Å². The van der Waals surface area contributed by atoms with E-state index in [1.807, 2.05) is 0 Å². The lowest BCUT2D eigenvalue weighted by molar-refractivity contribution is -0.138. The van der Waals surface area contributed by atoms with Gasteiger partial charge in [0.1, 0.15) is 0 Å². The average Bonchev–Trinajstić information content (AvgIpc) is 2.16. The number of alkyl halides is 3. The molecule has 1 aliphatic rings. The average molecular weight is 229 g/mol. The van der Waals surface area contributed by atoms with Gasteiger partial charge in [-0.15, -0.1) is 0 Å². The fourth-order valence-corrected chi connectivity index (χ4v) is 2.00. The fourth-order valence-electron chi connectivity index (χ4n) is 2.00. The summed E-state index contributed by atoms with van der Waals surface area (Å²) in [4.78, 5) is 11.5. The molecule has 2 nitrogen and oxygen atoms in total. The standard InChI is InChI=1S/C11H10F3NO/c1-6-8(11(12,13)14)3-2-7-4-5-15-10(16)9(6)7/h2-3H,4-5H2,1H3,(H,15,16). The van der Waals surface area contributed by atoms with Crippen LogP contribution in [0, 0.1) is 6.92 Å². The highest BCUT2D eigenvalue weighted by molar-refractivity contribution is 5.98. The zero-order valence-electron chi connectivity index (χ0n) is 8.61. The van der Waals surface area contributed by atoms with Gasteiger partial charge in [0.25, 0.3) is 5.91 Å². The molecular weight excluding hydrogens is 219 g/mol. The van der Waals surface area contributed by atoms with Crippen molar-refractivity contribution in [3.8, 4) is 0 Å². The number of carbonyl (C=O) groups is 1. The van der Waals surface area contributed by atoms with Crippen LogP contribution >= 0.6 is 0 Å². The number of nitrogens with one attached hydrogen (secondary N) is 1. The Morgan fingerprint density at radius 3 is 2.62 bits per heavy atom. The molecule has 1 N–H and O–H groups in total. The molecule has 0 saturated heterocycles. The Hall–Kier alpha value is -1.52. The van der Waals surface area contributed by atoms with Crippen LogP contribution in [0.2, 0.25) is 0 Å². The molecule has 1 aliphatic heterocycles. The van der Waals surface area contributed by atoms with E-state index < -0.39 is 17.6 Å². The minimum Gasteiger partial charge on any atom is -0.352 e. The van der Waals surface area contributed by atoms with Gasteiger partial charge in [-0.25, -0.2) is 0 Å². The molecule has 0 fully saturated rings. The molecular formula is C11H10F3NO. The Morgan fingerprint density at radius 1 is 1.31 bits per heavy atom. The van der Waals surface area contributed by atoms with E-state index in [0.29, 0.717) is 18.5 Å². The first-order valence-electron chi connectivity index (χ1n) is 4.89. The number of benzene rings is 1. The molecule has 0 aromatic heterocycles. The Kier molecular flexibility index (Phi) is 2.40. The van der Waals surface area contributed by atoms with Crippen LogP contribution in [0.3, 0.4) is 0 Å². The van der Waals surface area contributed by atoms with Crippen LogP contribution in [0.4, 0.5) is 13.2 Å². The molecule has 5 heteroatoms. The number of hydrogen-bond donors (Lipinski definition) is 1. The predicted molar refractivity (Wildman–Crippen MR) is 52.2 cm³/mol. The maximum Gasteiger partial charge on any atom is 0.416 e. The summed E-state index contributed by atoms with van der Waals surface area (Å²) in [6.07, 6.45) is -3.82. The molecule has 0 bridgehead atoms. The largest absolute Gasteiger partial charge is 0.416 e. The Morgan fingerprint density at radius 2 is 2.00 bits per heavy atom. The summed E-state index contributed by atoms with van der Waals surface area (Å²) in [5.41, 5.74) is 0.154. The third-order valence-corrected chi connectivity index (χ3v) is 2.76. The van der Waals surface area contributed by atoms with E-state index in [1.54, 1.807) is 0 Å². The molecule has 0 atom stereocenters. The van der Waals surface area contributed by atoms with E-state index >= 15 is 0 Å². The van der Waals surface area contributed by atoms with Gasteiger partial charge in [0.05, 0.1) is 5.56 Å². The highest BCUT2D eigenvalue weighted by atomic mass is 19.4. The molecule has 1 amide bonds. The molecule has 1 aromatic carbocycles. The molecule has 0 spiro atoms. The van der Waals surface area contributed by atoms with E-state index in [-0.39, 0.29) is 11.1 Å². The Labute approximate surface area is 90.5 Å². The molecule has 0 saturated carbocycles. The molecule has 2 rings (SSSR count). The topological polar surface area (TPSA) is 29.1 Å². The van der Waals surface area contributed by atoms with Crippen LogP contribution in [-0.4, -0.2) is 12.5 Å². The summed E-state index contributed by atoms with van der Waals surface area (Å²) in [5, 5.41) is 2.55. The first kappa shape index (κ1) is 11.0. The van der Waals surface area contributed by atoms with Crippen molar-refractivity contribution in [3.05, 3.63) is 34.4 Å². The van der Waals surface area contributed by atoms with Crippen LogP contribution in [0.15, 0.2) is 12.1 Å². The lowest BCUT2D eigenvalue weighted by atomic mass is 9.92. The van der Waals surface area contributed by atoms with Crippen molar-refractivity contribution >= 4 is 5.91 Å². The summed E-state index contributed by atoms with van der Waals surface area (Å²) in [6, 6.07) is 2.44. The van der Waals surface area contributed by atoms with Gasteiger partial charge in [-0.3, -0.25) is 4.79 Å². The Balaban J connectivity index is 2.63. The molecule has 0 unspecified atom stereocenters. The minimum absolute atomic E-state index is 0.0159. The van der Waals surface area contributed by atoms with Gasteiger partial charge < -0.3 is 5.32 Å². The van der Waals surface area contributed by atoms with Gasteiger partial charge >= 0.3 is 6.18 Å².